The van der Waals surface area contributed by atoms with Gasteiger partial charge in [0.15, 0.2) is 0 Å². The first-order valence-corrected chi connectivity index (χ1v) is 30.6. The van der Waals surface area contributed by atoms with Crippen molar-refractivity contribution in [1.29, 1.82) is 0 Å². The van der Waals surface area contributed by atoms with Crippen molar-refractivity contribution in [3.63, 3.8) is 0 Å². The van der Waals surface area contributed by atoms with Crippen LogP contribution in [-0.2, 0) is 71.8 Å². The molecule has 0 unspecified atom stereocenters. The van der Waals surface area contributed by atoms with E-state index in [1.54, 1.807) is 34.6 Å². The van der Waals surface area contributed by atoms with Crippen molar-refractivity contribution in [2.24, 2.45) is 11.8 Å². The highest BCUT2D eigenvalue weighted by Crippen LogP contribution is 2.36. The predicted octanol–water partition coefficient (Wildman–Crippen LogP) is 3.94. The predicted molar refractivity (Wildman–Crippen MR) is 322 cm³/mol. The van der Waals surface area contributed by atoms with Gasteiger partial charge >= 0.3 is 6.18 Å². The van der Waals surface area contributed by atoms with Crippen LogP contribution in [0, 0.1) is 17.7 Å². The third-order valence-electron chi connectivity index (χ3n) is 17.7. The van der Waals surface area contributed by atoms with Crippen molar-refractivity contribution in [3.05, 3.63) is 70.0 Å². The molecule has 2 aromatic rings. The highest BCUT2D eigenvalue weighted by molar-refractivity contribution is 6.31. The zero-order chi connectivity index (χ0) is 66.7. The molecule has 3 fully saturated rings. The molecule has 2 heterocycles. The van der Waals surface area contributed by atoms with E-state index in [1.165, 1.54) is 89.0 Å². The second kappa shape index (κ2) is 30.9. The van der Waals surface area contributed by atoms with Gasteiger partial charge in [-0.1, -0.05) is 76.8 Å². The molecule has 89 heavy (non-hydrogen) atoms. The summed E-state index contributed by atoms with van der Waals surface area (Å²) < 4.78 is 55.5. The Morgan fingerprint density at radius 2 is 1.24 bits per heavy atom. The molecule has 2 saturated heterocycles. The molecular formula is C62H88ClF4N11O11. The van der Waals surface area contributed by atoms with Gasteiger partial charge in [0, 0.05) is 67.7 Å². The molecule has 1 spiro atoms. The number of rotatable bonds is 8. The lowest BCUT2D eigenvalue weighted by Crippen LogP contribution is -2.64. The number of alkyl halides is 3. The van der Waals surface area contributed by atoms with Crippen LogP contribution in [0.3, 0.4) is 0 Å². The van der Waals surface area contributed by atoms with Crippen molar-refractivity contribution >= 4 is 76.6 Å². The van der Waals surface area contributed by atoms with Crippen molar-refractivity contribution in [2.75, 3.05) is 61.9 Å². The maximum atomic E-state index is 15.0. The molecule has 0 aromatic heterocycles. The summed E-state index contributed by atoms with van der Waals surface area (Å²) >= 11 is 6.10. The molecule has 1 aliphatic carbocycles. The van der Waals surface area contributed by atoms with Gasteiger partial charge < -0.3 is 55.6 Å². The molecule has 5 rings (SSSR count). The average Bonchev–Trinajstić information content (AvgIpc) is 2.24. The number of hydrogen-bond acceptors (Lipinski definition) is 11. The highest BCUT2D eigenvalue weighted by Gasteiger charge is 2.50. The summed E-state index contributed by atoms with van der Waals surface area (Å²) in [7, 11) is 8.07. The Kier molecular flexibility index (Phi) is 25.1. The fourth-order valence-electron chi connectivity index (χ4n) is 11.6. The quantitative estimate of drug-likeness (QED) is 0.275. The van der Waals surface area contributed by atoms with Gasteiger partial charge in [-0.15, -0.1) is 0 Å². The number of carbonyl (C=O) groups excluding carboxylic acids is 11. The monoisotopic (exact) mass is 1270 g/mol. The minimum absolute atomic E-state index is 0.0160. The van der Waals surface area contributed by atoms with E-state index in [2.05, 4.69) is 21.3 Å². The number of fused-ring (bicyclic) bond motifs is 1. The highest BCUT2D eigenvalue weighted by atomic mass is 35.5. The molecule has 22 nitrogen and oxygen atoms in total. The van der Waals surface area contributed by atoms with Gasteiger partial charge in [0.2, 0.25) is 65.0 Å². The van der Waals surface area contributed by atoms with Gasteiger partial charge in [0.25, 0.3) is 0 Å². The third-order valence-corrected chi connectivity index (χ3v) is 18.0. The summed E-state index contributed by atoms with van der Waals surface area (Å²) in [6.07, 6.45) is -3.35. The maximum absolute atomic E-state index is 15.0. The van der Waals surface area contributed by atoms with Crippen LogP contribution in [0.4, 0.5) is 17.6 Å². The first kappa shape index (κ1) is 72.4. The molecular weight excluding hydrogens is 1190 g/mol. The second-order valence-electron chi connectivity index (χ2n) is 24.6. The molecule has 2 aromatic carbocycles. The van der Waals surface area contributed by atoms with Crippen LogP contribution in [0.1, 0.15) is 123 Å². The van der Waals surface area contributed by atoms with Crippen LogP contribution >= 0.6 is 11.6 Å². The number of amides is 11. The fourth-order valence-corrected chi connectivity index (χ4v) is 11.9. The topological polar surface area (TPSA) is 259 Å². The molecule has 2 aliphatic heterocycles. The standard InChI is InChI=1S/C62H88ClF4N11O11/c1-14-36(4)51-59(88)73(9)33-49(80)72(8)34-50(81)76(12)47(32-41-19-23-42(64)24-20-41)58(87)75(11)39(7)53(82)69-45(26-22-40-21-25-43(44(63)31-40)62(65,66)67)57(86)78-29-17-18-46(78)55(84)71-61(27-15-16-28-61)60(89)77(13)52(35(2)3)56(85)68-37(5)30-48(79)74(10)38(6)54(83)70-51/h19-21,23-25,31,35-39,45-47,51-52H,14-18,22,26-30,32-34H2,1-13H3,(H,68,85)(H,69,82)(H,70,83)(H,71,84)/t36-,37+,38-,39+,45-,46-,47-,51-,52-/m0/s1. The summed E-state index contributed by atoms with van der Waals surface area (Å²) in [5.74, 6) is -9.21. The van der Waals surface area contributed by atoms with Gasteiger partial charge in [-0.05, 0) is 107 Å². The Morgan fingerprint density at radius 1 is 0.652 bits per heavy atom. The molecule has 0 radical (unpaired) electrons. The van der Waals surface area contributed by atoms with Crippen LogP contribution in [0.5, 0.6) is 0 Å². The Bertz CT molecular complexity index is 2950. The second-order valence-corrected chi connectivity index (χ2v) is 25.0. The van der Waals surface area contributed by atoms with E-state index in [0.717, 1.165) is 43.9 Å². The van der Waals surface area contributed by atoms with Crippen LogP contribution in [-0.4, -0.2) is 215 Å². The number of benzene rings is 2. The van der Waals surface area contributed by atoms with Gasteiger partial charge in [0.05, 0.1) is 23.7 Å². The van der Waals surface area contributed by atoms with E-state index in [-0.39, 0.29) is 57.1 Å². The summed E-state index contributed by atoms with van der Waals surface area (Å²) in [6.45, 7) is 10.2. The van der Waals surface area contributed by atoms with Gasteiger partial charge in [-0.2, -0.15) is 13.2 Å². The van der Waals surface area contributed by atoms with Crippen molar-refractivity contribution in [3.8, 4) is 0 Å². The molecule has 0 bridgehead atoms. The number of hydrogen-bond donors (Lipinski definition) is 4. The molecule has 3 aliphatic rings. The van der Waals surface area contributed by atoms with Crippen LogP contribution in [0.25, 0.3) is 0 Å². The van der Waals surface area contributed by atoms with Crippen LogP contribution < -0.4 is 21.3 Å². The number of nitrogens with zero attached hydrogens (tertiary/aromatic N) is 7. The van der Waals surface area contributed by atoms with Gasteiger partial charge in [-0.3, -0.25) is 52.7 Å². The minimum Gasteiger partial charge on any atom is -0.351 e. The largest absolute Gasteiger partial charge is 0.417 e. The van der Waals surface area contributed by atoms with E-state index in [0.29, 0.717) is 31.2 Å². The Balaban J connectivity index is 1.56. The average molecular weight is 1270 g/mol. The Hall–Kier alpha value is -7.38. The fraction of sp³-hybridized carbons (Fsp3) is 0.629. The molecule has 11 amide bonds. The minimum atomic E-state index is -4.77. The summed E-state index contributed by atoms with van der Waals surface area (Å²) in [5, 5.41) is 10.7. The van der Waals surface area contributed by atoms with E-state index < -0.39 is 166 Å². The summed E-state index contributed by atoms with van der Waals surface area (Å²) in [6, 6.07) is -1.53. The van der Waals surface area contributed by atoms with Gasteiger partial charge in [-0.25, -0.2) is 4.39 Å². The van der Waals surface area contributed by atoms with Crippen molar-refractivity contribution < 1.29 is 70.3 Å². The Labute approximate surface area is 523 Å². The lowest BCUT2D eigenvalue weighted by molar-refractivity contribution is -0.150. The zero-order valence-corrected chi connectivity index (χ0v) is 54.0. The zero-order valence-electron chi connectivity index (χ0n) is 53.2. The van der Waals surface area contributed by atoms with E-state index in [4.69, 9.17) is 11.6 Å². The van der Waals surface area contributed by atoms with E-state index >= 15 is 4.79 Å². The van der Waals surface area contributed by atoms with E-state index in [1.807, 2.05) is 0 Å². The molecule has 1 saturated carbocycles. The number of halogens is 5. The molecule has 492 valence electrons. The third kappa shape index (κ3) is 17.9. The molecule has 27 heteroatoms. The Morgan fingerprint density at radius 3 is 1.82 bits per heavy atom. The number of likely N-dealkylation sites (N-methyl/N-ethyl adjacent to an activating group) is 6. The maximum Gasteiger partial charge on any atom is 0.417 e. The van der Waals surface area contributed by atoms with Crippen molar-refractivity contribution in [2.45, 2.75) is 179 Å². The van der Waals surface area contributed by atoms with Crippen molar-refractivity contribution in [1.82, 2.24) is 55.6 Å². The first-order valence-electron chi connectivity index (χ1n) is 30.2. The van der Waals surface area contributed by atoms with Crippen LogP contribution in [0.15, 0.2) is 42.5 Å². The smallest absolute Gasteiger partial charge is 0.351 e. The summed E-state index contributed by atoms with van der Waals surface area (Å²) in [5.41, 5.74) is -1.94. The number of aryl methyl sites for hydroxylation is 1. The molecule has 9 atom stereocenters. The number of nitrogens with one attached hydrogen (secondary N) is 4. The molecule has 4 N–H and O–H groups in total. The van der Waals surface area contributed by atoms with E-state index in [9.17, 15) is 65.5 Å². The summed E-state index contributed by atoms with van der Waals surface area (Å²) in [4.78, 5) is 166. The first-order chi connectivity index (χ1) is 41.5. The van der Waals surface area contributed by atoms with Crippen LogP contribution in [0.2, 0.25) is 5.02 Å². The lowest BCUT2D eigenvalue weighted by atomic mass is 9.92. The SMILES string of the molecule is CC[C@H](C)[C@@H]1NC(=O)[C@H](C)N(C)C(=O)C[C@@H](C)NC(=O)[C@H](C(C)C)N(C)C(=O)C2(CCCC2)NC(=O)[C@@H]2CCCN2C(=O)[C@H](CCc2ccc(C(F)(F)F)c(Cl)c2)NC(=O)[C@@H](C)N(C)C(=O)[C@H](Cc2ccc(F)cc2)N(C)C(=O)CN(C)C(=O)CN(C)C1=O. The lowest BCUT2D eigenvalue weighted by Gasteiger charge is -2.39. The normalized spacial score (nSPS) is 26.0. The number of carbonyl (C=O) groups is 11. The van der Waals surface area contributed by atoms with Gasteiger partial charge in [0.1, 0.15) is 53.6 Å².